The maximum absolute atomic E-state index is 12.2. The van der Waals surface area contributed by atoms with E-state index in [9.17, 15) is 4.79 Å². The minimum absolute atomic E-state index is 0.173. The Balaban J connectivity index is 1.44. The molecule has 6 heteroatoms. The number of nitrogens with one attached hydrogen (secondary N) is 2. The van der Waals surface area contributed by atoms with E-state index in [2.05, 4.69) is 15.5 Å². The van der Waals surface area contributed by atoms with Crippen LogP contribution in [0, 0.1) is 6.92 Å². The number of H-pyrrole nitrogens is 1. The van der Waals surface area contributed by atoms with Crippen LogP contribution in [0.4, 0.5) is 0 Å². The van der Waals surface area contributed by atoms with Gasteiger partial charge in [-0.2, -0.15) is 5.10 Å². The quantitative estimate of drug-likeness (QED) is 0.657. The maximum Gasteiger partial charge on any atom is 0.272 e. The molecule has 6 nitrogen and oxygen atoms in total. The Morgan fingerprint density at radius 3 is 3.13 bits per heavy atom. The highest BCUT2D eigenvalue weighted by atomic mass is 16.5. The number of furan rings is 1. The molecule has 0 saturated carbocycles. The number of aryl methyl sites for hydroxylation is 1. The summed E-state index contributed by atoms with van der Waals surface area (Å²) in [4.78, 5) is 12.2. The largest absolute Gasteiger partial charge is 0.467 e. The summed E-state index contributed by atoms with van der Waals surface area (Å²) in [6.45, 7) is 3.53. The van der Waals surface area contributed by atoms with Gasteiger partial charge in [0.15, 0.2) is 5.69 Å². The predicted octanol–water partition coefficient (Wildman–Crippen LogP) is 2.80. The third-order valence-electron chi connectivity index (χ3n) is 3.51. The molecule has 2 N–H and O–H groups in total. The highest BCUT2D eigenvalue weighted by Crippen LogP contribution is 2.17. The minimum Gasteiger partial charge on any atom is -0.467 e. The lowest BCUT2D eigenvalue weighted by Gasteiger charge is -2.04. The summed E-state index contributed by atoms with van der Waals surface area (Å²) in [6.07, 6.45) is 2.35. The molecule has 3 rings (SSSR count). The highest BCUT2D eigenvalue weighted by Gasteiger charge is 2.13. The molecule has 0 aliphatic heterocycles. The molecule has 0 saturated heterocycles. The summed E-state index contributed by atoms with van der Waals surface area (Å²) in [5, 5.41) is 10.7. The zero-order chi connectivity index (χ0) is 16.1. The van der Waals surface area contributed by atoms with Gasteiger partial charge in [-0.15, -0.1) is 0 Å². The second-order valence-electron chi connectivity index (χ2n) is 5.36. The molecule has 2 heterocycles. The van der Waals surface area contributed by atoms with Gasteiger partial charge in [0.05, 0.1) is 11.8 Å². The molecule has 0 atom stereocenters. The monoisotopic (exact) mass is 313 g/mol. The molecular weight excluding hydrogens is 294 g/mol. The Bertz CT molecular complexity index is 778. The fraction of sp³-hybridized carbons (Fsp3) is 0.294. The summed E-state index contributed by atoms with van der Waals surface area (Å²) >= 11 is 0. The Morgan fingerprint density at radius 1 is 1.39 bits per heavy atom. The van der Waals surface area contributed by atoms with E-state index in [-0.39, 0.29) is 5.91 Å². The number of benzene rings is 1. The fourth-order valence-electron chi connectivity index (χ4n) is 2.33. The van der Waals surface area contributed by atoms with Gasteiger partial charge in [-0.3, -0.25) is 9.89 Å². The summed E-state index contributed by atoms with van der Waals surface area (Å²) in [7, 11) is 0. The van der Waals surface area contributed by atoms with Crippen LogP contribution in [0.3, 0.4) is 0 Å². The van der Waals surface area contributed by atoms with Crippen LogP contribution in [0.2, 0.25) is 0 Å². The Labute approximate surface area is 133 Å². The topological polar surface area (TPSA) is 80.2 Å². The molecule has 0 spiro atoms. The van der Waals surface area contributed by atoms with E-state index >= 15 is 0 Å². The molecule has 23 heavy (non-hydrogen) atoms. The molecule has 0 unspecified atom stereocenters. The number of carbonyl (C=O) groups is 1. The first-order chi connectivity index (χ1) is 11.2. The number of amides is 1. The molecule has 0 fully saturated rings. The van der Waals surface area contributed by atoms with Crippen molar-refractivity contribution < 1.29 is 13.9 Å². The SMILES string of the molecule is Cc1ccc2[nH]nc(C(=O)NCCCOCc3ccco3)c2c1. The number of carbonyl (C=O) groups excluding carboxylic acids is 1. The molecule has 0 bridgehead atoms. The Morgan fingerprint density at radius 2 is 2.30 bits per heavy atom. The van der Waals surface area contributed by atoms with Crippen LogP contribution in [0.5, 0.6) is 0 Å². The number of fused-ring (bicyclic) bond motifs is 1. The predicted molar refractivity (Wildman–Crippen MR) is 86.1 cm³/mol. The minimum atomic E-state index is -0.173. The number of hydrogen-bond acceptors (Lipinski definition) is 4. The van der Waals surface area contributed by atoms with Crippen LogP contribution in [-0.2, 0) is 11.3 Å². The lowest BCUT2D eigenvalue weighted by atomic mass is 10.1. The van der Waals surface area contributed by atoms with Crippen molar-refractivity contribution in [3.05, 3.63) is 53.6 Å². The van der Waals surface area contributed by atoms with E-state index in [0.29, 0.717) is 25.5 Å². The van der Waals surface area contributed by atoms with Crippen LogP contribution < -0.4 is 5.32 Å². The highest BCUT2D eigenvalue weighted by molar-refractivity contribution is 6.04. The van der Waals surface area contributed by atoms with Gasteiger partial charge in [0.25, 0.3) is 5.91 Å². The summed E-state index contributed by atoms with van der Waals surface area (Å²) in [5.41, 5.74) is 2.39. The molecule has 0 radical (unpaired) electrons. The van der Waals surface area contributed by atoms with E-state index in [1.165, 1.54) is 0 Å². The van der Waals surface area contributed by atoms with Gasteiger partial charge in [0.1, 0.15) is 12.4 Å². The van der Waals surface area contributed by atoms with Crippen molar-refractivity contribution in [2.45, 2.75) is 20.0 Å². The second-order valence-corrected chi connectivity index (χ2v) is 5.36. The van der Waals surface area contributed by atoms with Crippen LogP contribution in [-0.4, -0.2) is 29.3 Å². The number of nitrogens with zero attached hydrogens (tertiary/aromatic N) is 1. The van der Waals surface area contributed by atoms with Crippen molar-refractivity contribution in [3.63, 3.8) is 0 Å². The molecule has 1 aromatic carbocycles. The van der Waals surface area contributed by atoms with Gasteiger partial charge in [-0.1, -0.05) is 11.6 Å². The van der Waals surface area contributed by atoms with E-state index in [1.54, 1.807) is 6.26 Å². The smallest absolute Gasteiger partial charge is 0.272 e. The van der Waals surface area contributed by atoms with Crippen molar-refractivity contribution in [1.29, 1.82) is 0 Å². The van der Waals surface area contributed by atoms with Crippen molar-refractivity contribution in [2.24, 2.45) is 0 Å². The number of aromatic amines is 1. The van der Waals surface area contributed by atoms with Crippen LogP contribution in [0.15, 0.2) is 41.0 Å². The fourth-order valence-corrected chi connectivity index (χ4v) is 2.33. The number of ether oxygens (including phenoxy) is 1. The molecule has 120 valence electrons. The number of aromatic nitrogens is 2. The van der Waals surface area contributed by atoms with Crippen molar-refractivity contribution in [3.8, 4) is 0 Å². The van der Waals surface area contributed by atoms with E-state index in [0.717, 1.165) is 28.6 Å². The van der Waals surface area contributed by atoms with Crippen LogP contribution >= 0.6 is 0 Å². The first-order valence-corrected chi connectivity index (χ1v) is 7.57. The van der Waals surface area contributed by atoms with Gasteiger partial charge < -0.3 is 14.5 Å². The maximum atomic E-state index is 12.2. The van der Waals surface area contributed by atoms with Crippen molar-refractivity contribution >= 4 is 16.8 Å². The summed E-state index contributed by atoms with van der Waals surface area (Å²) in [6, 6.07) is 9.57. The average molecular weight is 313 g/mol. The Hall–Kier alpha value is -2.60. The normalized spacial score (nSPS) is 11.0. The molecule has 2 aromatic heterocycles. The van der Waals surface area contributed by atoms with Crippen LogP contribution in [0.25, 0.3) is 10.9 Å². The van der Waals surface area contributed by atoms with Gasteiger partial charge in [0.2, 0.25) is 0 Å². The third-order valence-corrected chi connectivity index (χ3v) is 3.51. The molecule has 0 aliphatic rings. The Kier molecular flexibility index (Phi) is 4.73. The number of hydrogen-bond donors (Lipinski definition) is 2. The van der Waals surface area contributed by atoms with Gasteiger partial charge >= 0.3 is 0 Å². The molecule has 0 aliphatic carbocycles. The lowest BCUT2D eigenvalue weighted by Crippen LogP contribution is -2.25. The second kappa shape index (κ2) is 7.11. The summed E-state index contributed by atoms with van der Waals surface area (Å²) < 4.78 is 10.6. The van der Waals surface area contributed by atoms with E-state index in [4.69, 9.17) is 9.15 Å². The zero-order valence-electron chi connectivity index (χ0n) is 13.0. The average Bonchev–Trinajstić information content (AvgIpc) is 3.19. The van der Waals surface area contributed by atoms with Gasteiger partial charge in [-0.25, -0.2) is 0 Å². The summed E-state index contributed by atoms with van der Waals surface area (Å²) in [5.74, 6) is 0.625. The molecule has 1 amide bonds. The standard InChI is InChI=1S/C17H19N3O3/c1-12-5-6-15-14(10-12)16(20-19-15)17(21)18-7-3-8-22-11-13-4-2-9-23-13/h2,4-6,9-10H,3,7-8,11H2,1H3,(H,18,21)(H,19,20). The van der Waals surface area contributed by atoms with Crippen molar-refractivity contribution in [1.82, 2.24) is 15.5 Å². The molecular formula is C17H19N3O3. The van der Waals surface area contributed by atoms with E-state index in [1.807, 2.05) is 37.3 Å². The first-order valence-electron chi connectivity index (χ1n) is 7.57. The van der Waals surface area contributed by atoms with Gasteiger partial charge in [-0.05, 0) is 37.6 Å². The zero-order valence-corrected chi connectivity index (χ0v) is 13.0. The van der Waals surface area contributed by atoms with Gasteiger partial charge in [0, 0.05) is 18.5 Å². The lowest BCUT2D eigenvalue weighted by molar-refractivity contribution is 0.0914. The number of rotatable bonds is 7. The van der Waals surface area contributed by atoms with Crippen molar-refractivity contribution in [2.75, 3.05) is 13.2 Å². The van der Waals surface area contributed by atoms with Crippen LogP contribution in [0.1, 0.15) is 28.2 Å². The first kappa shape index (κ1) is 15.3. The van der Waals surface area contributed by atoms with E-state index < -0.39 is 0 Å². The third kappa shape index (κ3) is 3.78. The molecule has 3 aromatic rings.